The largest absolute Gasteiger partial charge is 0.333 e. The van der Waals surface area contributed by atoms with Crippen molar-refractivity contribution >= 4 is 17.5 Å². The first-order chi connectivity index (χ1) is 9.50. The number of amides is 1. The minimum absolute atomic E-state index is 0.167. The van der Waals surface area contributed by atoms with Crippen LogP contribution in [0.2, 0.25) is 5.15 Å². The number of carbonyl (C=O) groups is 1. The number of rotatable bonds is 3. The molecule has 1 amide bonds. The van der Waals surface area contributed by atoms with Gasteiger partial charge in [0.2, 0.25) is 0 Å². The summed E-state index contributed by atoms with van der Waals surface area (Å²) in [6.45, 7) is 1.75. The number of halogens is 2. The third kappa shape index (κ3) is 2.93. The highest BCUT2D eigenvalue weighted by Crippen LogP contribution is 2.22. The first-order valence-electron chi connectivity index (χ1n) is 6.00. The van der Waals surface area contributed by atoms with Crippen molar-refractivity contribution in [3.8, 4) is 0 Å². The van der Waals surface area contributed by atoms with Gasteiger partial charge in [0.15, 0.2) is 0 Å². The van der Waals surface area contributed by atoms with Gasteiger partial charge in [0.25, 0.3) is 5.91 Å². The number of hydrogen-bond acceptors (Lipinski definition) is 3. The summed E-state index contributed by atoms with van der Waals surface area (Å²) in [6, 6.07) is 5.94. The van der Waals surface area contributed by atoms with E-state index in [1.807, 2.05) is 0 Å². The smallest absolute Gasteiger partial charge is 0.274 e. The van der Waals surface area contributed by atoms with Crippen LogP contribution in [0.15, 0.2) is 36.7 Å². The molecule has 2 rings (SSSR count). The van der Waals surface area contributed by atoms with Crippen molar-refractivity contribution in [3.05, 3.63) is 58.9 Å². The molecule has 20 heavy (non-hydrogen) atoms. The maximum Gasteiger partial charge on any atom is 0.274 e. The van der Waals surface area contributed by atoms with E-state index in [-0.39, 0.29) is 22.6 Å². The minimum atomic E-state index is -0.416. The Morgan fingerprint density at radius 1 is 1.30 bits per heavy atom. The molecule has 104 valence electrons. The van der Waals surface area contributed by atoms with Crippen LogP contribution >= 0.6 is 11.6 Å². The Morgan fingerprint density at radius 2 is 2.00 bits per heavy atom. The fraction of sp³-hybridized carbons (Fsp3) is 0.214. The lowest BCUT2D eigenvalue weighted by atomic mass is 10.1. The van der Waals surface area contributed by atoms with Crippen LogP contribution in [-0.4, -0.2) is 27.8 Å². The van der Waals surface area contributed by atoms with Gasteiger partial charge in [-0.2, -0.15) is 0 Å². The highest BCUT2D eigenvalue weighted by Gasteiger charge is 2.22. The predicted octanol–water partition coefficient (Wildman–Crippen LogP) is 3.10. The normalized spacial score (nSPS) is 12.0. The highest BCUT2D eigenvalue weighted by atomic mass is 35.5. The van der Waals surface area contributed by atoms with E-state index in [0.717, 1.165) is 0 Å². The van der Waals surface area contributed by atoms with E-state index in [4.69, 9.17) is 11.6 Å². The Balaban J connectivity index is 2.22. The van der Waals surface area contributed by atoms with Gasteiger partial charge < -0.3 is 4.90 Å². The average molecular weight is 294 g/mol. The molecule has 1 aromatic carbocycles. The zero-order chi connectivity index (χ0) is 14.7. The van der Waals surface area contributed by atoms with Crippen molar-refractivity contribution in [1.29, 1.82) is 0 Å². The Labute approximate surface area is 121 Å². The molecule has 0 radical (unpaired) electrons. The summed E-state index contributed by atoms with van der Waals surface area (Å²) in [5.41, 5.74) is 0.616. The molecule has 0 aliphatic rings. The molecule has 0 spiro atoms. The van der Waals surface area contributed by atoms with Gasteiger partial charge in [-0.05, 0) is 13.0 Å². The monoisotopic (exact) mass is 293 g/mol. The second kappa shape index (κ2) is 5.96. The van der Waals surface area contributed by atoms with Gasteiger partial charge in [0.1, 0.15) is 16.7 Å². The summed E-state index contributed by atoms with van der Waals surface area (Å²) in [5, 5.41) is 0.214. The van der Waals surface area contributed by atoms with Crippen molar-refractivity contribution in [3.63, 3.8) is 0 Å². The minimum Gasteiger partial charge on any atom is -0.333 e. The molecule has 0 aliphatic heterocycles. The summed E-state index contributed by atoms with van der Waals surface area (Å²) in [5.74, 6) is -0.688. The van der Waals surface area contributed by atoms with Crippen molar-refractivity contribution in [2.75, 3.05) is 7.05 Å². The number of benzene rings is 1. The van der Waals surface area contributed by atoms with Crippen molar-refractivity contribution in [2.24, 2.45) is 0 Å². The number of aromatic nitrogens is 2. The van der Waals surface area contributed by atoms with Crippen LogP contribution in [-0.2, 0) is 0 Å². The summed E-state index contributed by atoms with van der Waals surface area (Å²) < 4.78 is 13.7. The van der Waals surface area contributed by atoms with E-state index in [1.165, 1.54) is 23.4 Å². The molecule has 0 fully saturated rings. The predicted molar refractivity (Wildman–Crippen MR) is 74.0 cm³/mol. The molecule has 0 N–H and O–H groups in total. The molecule has 0 aliphatic carbocycles. The van der Waals surface area contributed by atoms with Crippen LogP contribution in [0.3, 0.4) is 0 Å². The molecule has 6 heteroatoms. The Bertz CT molecular complexity index is 618. The summed E-state index contributed by atoms with van der Waals surface area (Å²) in [7, 11) is 1.59. The summed E-state index contributed by atoms with van der Waals surface area (Å²) >= 11 is 5.63. The molecule has 0 bridgehead atoms. The van der Waals surface area contributed by atoms with Gasteiger partial charge in [0.05, 0.1) is 18.4 Å². The van der Waals surface area contributed by atoms with Gasteiger partial charge in [-0.15, -0.1) is 0 Å². The molecule has 1 unspecified atom stereocenters. The van der Waals surface area contributed by atoms with Crippen molar-refractivity contribution in [1.82, 2.24) is 14.9 Å². The zero-order valence-electron chi connectivity index (χ0n) is 11.0. The molecule has 1 aromatic heterocycles. The van der Waals surface area contributed by atoms with E-state index in [2.05, 4.69) is 9.97 Å². The standard InChI is InChI=1S/C14H13ClFN3O/c1-9(10-5-3-4-6-11(10)16)19(2)14(20)12-7-18-13(15)8-17-12/h3-9H,1-2H3. The van der Waals surface area contributed by atoms with E-state index in [0.29, 0.717) is 5.56 Å². The fourth-order valence-electron chi connectivity index (χ4n) is 1.80. The van der Waals surface area contributed by atoms with Gasteiger partial charge in [0, 0.05) is 12.6 Å². The lowest BCUT2D eigenvalue weighted by molar-refractivity contribution is 0.0734. The second-order valence-electron chi connectivity index (χ2n) is 4.34. The van der Waals surface area contributed by atoms with E-state index in [1.54, 1.807) is 32.2 Å². The number of nitrogens with zero attached hydrogens (tertiary/aromatic N) is 3. The SMILES string of the molecule is CC(c1ccccc1F)N(C)C(=O)c1cnc(Cl)cn1. The zero-order valence-corrected chi connectivity index (χ0v) is 11.8. The number of carbonyl (C=O) groups excluding carboxylic acids is 1. The Morgan fingerprint density at radius 3 is 2.60 bits per heavy atom. The van der Waals surface area contributed by atoms with Crippen LogP contribution in [0.1, 0.15) is 29.0 Å². The molecule has 4 nitrogen and oxygen atoms in total. The fourth-order valence-corrected chi connectivity index (χ4v) is 1.90. The maximum atomic E-state index is 13.7. The number of hydrogen-bond donors (Lipinski definition) is 0. The van der Waals surface area contributed by atoms with Crippen LogP contribution in [0.25, 0.3) is 0 Å². The van der Waals surface area contributed by atoms with Gasteiger partial charge in [-0.1, -0.05) is 29.8 Å². The summed E-state index contributed by atoms with van der Waals surface area (Å²) in [6.07, 6.45) is 2.60. The van der Waals surface area contributed by atoms with Crippen LogP contribution in [0, 0.1) is 5.82 Å². The van der Waals surface area contributed by atoms with Crippen LogP contribution in [0.4, 0.5) is 4.39 Å². The first-order valence-corrected chi connectivity index (χ1v) is 6.37. The van der Waals surface area contributed by atoms with E-state index in [9.17, 15) is 9.18 Å². The van der Waals surface area contributed by atoms with E-state index < -0.39 is 6.04 Å². The quantitative estimate of drug-likeness (QED) is 0.873. The second-order valence-corrected chi connectivity index (χ2v) is 4.73. The first kappa shape index (κ1) is 14.4. The van der Waals surface area contributed by atoms with Crippen molar-refractivity contribution < 1.29 is 9.18 Å². The summed E-state index contributed by atoms with van der Waals surface area (Å²) in [4.78, 5) is 21.4. The van der Waals surface area contributed by atoms with Crippen molar-refractivity contribution in [2.45, 2.75) is 13.0 Å². The lowest BCUT2D eigenvalue weighted by Gasteiger charge is -2.25. The average Bonchev–Trinajstić information content (AvgIpc) is 2.46. The van der Waals surface area contributed by atoms with Crippen LogP contribution < -0.4 is 0 Å². The molecular formula is C14H13ClFN3O. The third-order valence-electron chi connectivity index (χ3n) is 3.10. The molecule has 0 saturated carbocycles. The third-order valence-corrected chi connectivity index (χ3v) is 3.29. The molecule has 1 atom stereocenters. The van der Waals surface area contributed by atoms with Gasteiger partial charge in [-0.25, -0.2) is 14.4 Å². The molecule has 0 saturated heterocycles. The maximum absolute atomic E-state index is 13.7. The Hall–Kier alpha value is -2.01. The van der Waals surface area contributed by atoms with E-state index >= 15 is 0 Å². The van der Waals surface area contributed by atoms with Crippen LogP contribution in [0.5, 0.6) is 0 Å². The topological polar surface area (TPSA) is 46.1 Å². The lowest BCUT2D eigenvalue weighted by Crippen LogP contribution is -2.30. The Kier molecular flexibility index (Phi) is 4.29. The molecule has 1 heterocycles. The highest BCUT2D eigenvalue weighted by molar-refractivity contribution is 6.29. The van der Waals surface area contributed by atoms with Gasteiger partial charge >= 0.3 is 0 Å². The molecule has 2 aromatic rings. The molecular weight excluding hydrogens is 281 g/mol. The van der Waals surface area contributed by atoms with Gasteiger partial charge in [-0.3, -0.25) is 4.79 Å².